The Morgan fingerprint density at radius 3 is 3.20 bits per heavy atom. The van der Waals surface area contributed by atoms with Gasteiger partial charge in [0.2, 0.25) is 0 Å². The second-order valence-corrected chi connectivity index (χ2v) is 3.41. The van der Waals surface area contributed by atoms with Gasteiger partial charge in [0.25, 0.3) is 0 Å². The predicted molar refractivity (Wildman–Crippen MR) is 55.4 cm³/mol. The van der Waals surface area contributed by atoms with E-state index in [0.717, 1.165) is 16.6 Å². The van der Waals surface area contributed by atoms with Crippen molar-refractivity contribution in [2.45, 2.75) is 12.5 Å². The van der Waals surface area contributed by atoms with Crippen LogP contribution in [0.3, 0.4) is 0 Å². The van der Waals surface area contributed by atoms with Crippen LogP contribution in [0.25, 0.3) is 11.0 Å². The van der Waals surface area contributed by atoms with E-state index < -0.39 is 12.0 Å². The second kappa shape index (κ2) is 3.70. The molecule has 0 aliphatic carbocycles. The molecule has 0 fully saturated rings. The number of carboxylic acids is 1. The smallest absolute Gasteiger partial charge is 0.320 e. The number of hydrogen-bond donors (Lipinski definition) is 3. The average Bonchev–Trinajstić information content (AvgIpc) is 2.64. The molecule has 78 valence electrons. The maximum Gasteiger partial charge on any atom is 0.320 e. The van der Waals surface area contributed by atoms with E-state index >= 15 is 0 Å². The Kier molecular flexibility index (Phi) is 2.39. The highest BCUT2D eigenvalue weighted by Gasteiger charge is 2.12. The third-order valence-corrected chi connectivity index (χ3v) is 2.23. The molecule has 0 aliphatic heterocycles. The number of hydrogen-bond acceptors (Lipinski definition) is 3. The molecule has 15 heavy (non-hydrogen) atoms. The van der Waals surface area contributed by atoms with Crippen molar-refractivity contribution in [3.05, 3.63) is 30.1 Å². The number of nitrogens with one attached hydrogen (secondary N) is 1. The Morgan fingerprint density at radius 2 is 2.47 bits per heavy atom. The molecule has 2 rings (SSSR count). The van der Waals surface area contributed by atoms with E-state index in [9.17, 15) is 4.79 Å². The summed E-state index contributed by atoms with van der Waals surface area (Å²) < 4.78 is 0. The summed E-state index contributed by atoms with van der Waals surface area (Å²) in [6, 6.07) is 2.91. The van der Waals surface area contributed by atoms with Crippen molar-refractivity contribution in [2.24, 2.45) is 5.73 Å². The molecular formula is C10H11N3O2. The summed E-state index contributed by atoms with van der Waals surface area (Å²) in [5, 5.41) is 9.63. The number of rotatable bonds is 3. The Morgan fingerprint density at radius 1 is 1.67 bits per heavy atom. The van der Waals surface area contributed by atoms with E-state index in [1.54, 1.807) is 12.4 Å². The third-order valence-electron chi connectivity index (χ3n) is 2.23. The first-order valence-electron chi connectivity index (χ1n) is 4.57. The molecule has 5 heteroatoms. The standard InChI is InChI=1S/C10H11N3O2/c11-8(10(14)15)4-6-3-7-1-2-12-9(7)13-5-6/h1-3,5,8H,4,11H2,(H,12,13)(H,14,15). The fourth-order valence-corrected chi connectivity index (χ4v) is 1.44. The molecule has 5 nitrogen and oxygen atoms in total. The molecule has 1 unspecified atom stereocenters. The molecule has 0 aliphatic rings. The fraction of sp³-hybridized carbons (Fsp3) is 0.200. The summed E-state index contributed by atoms with van der Waals surface area (Å²) in [4.78, 5) is 17.7. The SMILES string of the molecule is NC(Cc1cnc2[nH]ccc2c1)C(=O)O. The highest BCUT2D eigenvalue weighted by atomic mass is 16.4. The number of aromatic amines is 1. The maximum absolute atomic E-state index is 10.6. The van der Waals surface area contributed by atoms with Crippen molar-refractivity contribution < 1.29 is 9.90 Å². The Balaban J connectivity index is 2.24. The molecule has 2 aromatic heterocycles. The van der Waals surface area contributed by atoms with Crippen LogP contribution in [0.1, 0.15) is 5.56 Å². The summed E-state index contributed by atoms with van der Waals surface area (Å²) in [6.45, 7) is 0. The van der Waals surface area contributed by atoms with E-state index in [-0.39, 0.29) is 0 Å². The first-order chi connectivity index (χ1) is 7.16. The summed E-state index contributed by atoms with van der Waals surface area (Å²) >= 11 is 0. The van der Waals surface area contributed by atoms with Gasteiger partial charge in [-0.05, 0) is 24.1 Å². The van der Waals surface area contributed by atoms with Gasteiger partial charge < -0.3 is 15.8 Å². The summed E-state index contributed by atoms with van der Waals surface area (Å²) in [5.41, 5.74) is 7.06. The van der Waals surface area contributed by atoms with Crippen molar-refractivity contribution in [2.75, 3.05) is 0 Å². The van der Waals surface area contributed by atoms with E-state index in [0.29, 0.717) is 6.42 Å². The highest BCUT2D eigenvalue weighted by molar-refractivity contribution is 5.77. The molecule has 1 atom stereocenters. The second-order valence-electron chi connectivity index (χ2n) is 3.41. The molecule has 0 amide bonds. The molecule has 0 spiro atoms. The molecule has 0 aromatic carbocycles. The third kappa shape index (κ3) is 1.97. The zero-order chi connectivity index (χ0) is 10.8. The van der Waals surface area contributed by atoms with Gasteiger partial charge >= 0.3 is 5.97 Å². The van der Waals surface area contributed by atoms with Crippen LogP contribution >= 0.6 is 0 Å². The van der Waals surface area contributed by atoms with E-state index in [2.05, 4.69) is 9.97 Å². The van der Waals surface area contributed by atoms with Crippen LogP contribution < -0.4 is 5.73 Å². The fourth-order valence-electron chi connectivity index (χ4n) is 1.44. The predicted octanol–water partition coefficient (Wildman–Crippen LogP) is 0.517. The van der Waals surface area contributed by atoms with E-state index in [1.807, 2.05) is 12.1 Å². The molecule has 2 heterocycles. The number of carbonyl (C=O) groups is 1. The Hall–Kier alpha value is -1.88. The lowest BCUT2D eigenvalue weighted by Gasteiger charge is -2.05. The summed E-state index contributed by atoms with van der Waals surface area (Å²) in [6.07, 6.45) is 3.73. The van der Waals surface area contributed by atoms with Gasteiger partial charge in [0.1, 0.15) is 11.7 Å². The monoisotopic (exact) mass is 205 g/mol. The van der Waals surface area contributed by atoms with Gasteiger partial charge in [-0.15, -0.1) is 0 Å². The molecule has 0 saturated carbocycles. The van der Waals surface area contributed by atoms with Crippen LogP contribution in [-0.4, -0.2) is 27.1 Å². The van der Waals surface area contributed by atoms with Crippen molar-refractivity contribution in [1.29, 1.82) is 0 Å². The number of nitrogens with two attached hydrogens (primary N) is 1. The van der Waals surface area contributed by atoms with Crippen LogP contribution in [0.4, 0.5) is 0 Å². The lowest BCUT2D eigenvalue weighted by molar-refractivity contribution is -0.138. The topological polar surface area (TPSA) is 92.0 Å². The van der Waals surface area contributed by atoms with E-state index in [4.69, 9.17) is 10.8 Å². The van der Waals surface area contributed by atoms with Crippen molar-refractivity contribution in [3.8, 4) is 0 Å². The number of pyridine rings is 1. The quantitative estimate of drug-likeness (QED) is 0.681. The first kappa shape index (κ1) is 9.67. The number of aliphatic carboxylic acids is 1. The van der Waals surface area contributed by atoms with Crippen molar-refractivity contribution >= 4 is 17.0 Å². The minimum atomic E-state index is -0.996. The highest BCUT2D eigenvalue weighted by Crippen LogP contribution is 2.12. The zero-order valence-electron chi connectivity index (χ0n) is 7.97. The molecular weight excluding hydrogens is 194 g/mol. The number of nitrogens with zero attached hydrogens (tertiary/aromatic N) is 1. The number of carboxylic acid groups (broad SMARTS) is 1. The van der Waals surface area contributed by atoms with Gasteiger partial charge in [-0.25, -0.2) is 4.98 Å². The molecule has 0 radical (unpaired) electrons. The molecule has 0 bridgehead atoms. The molecule has 0 saturated heterocycles. The van der Waals surface area contributed by atoms with Gasteiger partial charge in [-0.3, -0.25) is 4.79 Å². The molecule has 4 N–H and O–H groups in total. The average molecular weight is 205 g/mol. The summed E-state index contributed by atoms with van der Waals surface area (Å²) in [5.74, 6) is -0.996. The van der Waals surface area contributed by atoms with Gasteiger partial charge in [-0.2, -0.15) is 0 Å². The largest absolute Gasteiger partial charge is 0.480 e. The van der Waals surface area contributed by atoms with Crippen LogP contribution in [0, 0.1) is 0 Å². The van der Waals surface area contributed by atoms with Gasteiger partial charge in [-0.1, -0.05) is 0 Å². The van der Waals surface area contributed by atoms with Gasteiger partial charge in [0.15, 0.2) is 0 Å². The van der Waals surface area contributed by atoms with Crippen molar-refractivity contribution in [3.63, 3.8) is 0 Å². The Labute approximate surface area is 85.9 Å². The lowest BCUT2D eigenvalue weighted by atomic mass is 10.1. The van der Waals surface area contributed by atoms with Crippen LogP contribution in [-0.2, 0) is 11.2 Å². The normalized spacial score (nSPS) is 12.9. The van der Waals surface area contributed by atoms with Crippen LogP contribution in [0.5, 0.6) is 0 Å². The number of fused-ring (bicyclic) bond motifs is 1. The number of H-pyrrole nitrogens is 1. The van der Waals surface area contributed by atoms with E-state index in [1.165, 1.54) is 0 Å². The zero-order valence-corrected chi connectivity index (χ0v) is 7.97. The number of aromatic nitrogens is 2. The van der Waals surface area contributed by atoms with Gasteiger partial charge in [0, 0.05) is 17.8 Å². The lowest BCUT2D eigenvalue weighted by Crippen LogP contribution is -2.32. The van der Waals surface area contributed by atoms with Crippen LogP contribution in [0.2, 0.25) is 0 Å². The van der Waals surface area contributed by atoms with Crippen LogP contribution in [0.15, 0.2) is 24.5 Å². The summed E-state index contributed by atoms with van der Waals surface area (Å²) in [7, 11) is 0. The first-order valence-corrected chi connectivity index (χ1v) is 4.57. The minimum Gasteiger partial charge on any atom is -0.480 e. The maximum atomic E-state index is 10.6. The van der Waals surface area contributed by atoms with Gasteiger partial charge in [0.05, 0.1) is 0 Å². The molecule has 2 aromatic rings. The Bertz CT molecular complexity index is 492. The minimum absolute atomic E-state index is 0.295. The van der Waals surface area contributed by atoms with Crippen molar-refractivity contribution in [1.82, 2.24) is 9.97 Å².